The first-order valence-corrected chi connectivity index (χ1v) is 6.18. The van der Waals surface area contributed by atoms with E-state index in [0.29, 0.717) is 11.8 Å². The van der Waals surface area contributed by atoms with E-state index in [0.717, 1.165) is 21.7 Å². The van der Waals surface area contributed by atoms with Crippen molar-refractivity contribution >= 4 is 33.2 Å². The van der Waals surface area contributed by atoms with Gasteiger partial charge in [0, 0.05) is 11.8 Å². The molecule has 3 nitrogen and oxygen atoms in total. The highest BCUT2D eigenvalue weighted by Gasteiger charge is 2.03. The molecule has 0 unspecified atom stereocenters. The summed E-state index contributed by atoms with van der Waals surface area (Å²) in [4.78, 5) is 0. The normalized spacial score (nSPS) is 10.3. The molecule has 0 atom stereocenters. The molecular formula is C12H11BrClNO2. The number of methoxy groups -OCH3 is 1. The highest BCUT2D eigenvalue weighted by Crippen LogP contribution is 2.28. The van der Waals surface area contributed by atoms with E-state index >= 15 is 0 Å². The van der Waals surface area contributed by atoms with Crippen LogP contribution in [0.4, 0.5) is 5.69 Å². The third-order valence-corrected chi connectivity index (χ3v) is 3.10. The van der Waals surface area contributed by atoms with Crippen LogP contribution in [-0.2, 0) is 6.54 Å². The molecule has 1 aromatic carbocycles. The van der Waals surface area contributed by atoms with Gasteiger partial charge in [-0.1, -0.05) is 0 Å². The van der Waals surface area contributed by atoms with Crippen LogP contribution < -0.4 is 10.1 Å². The van der Waals surface area contributed by atoms with Crippen LogP contribution in [0.1, 0.15) is 5.76 Å². The van der Waals surface area contributed by atoms with Gasteiger partial charge in [-0.2, -0.15) is 0 Å². The van der Waals surface area contributed by atoms with Crippen molar-refractivity contribution in [1.82, 2.24) is 0 Å². The quantitative estimate of drug-likeness (QED) is 0.912. The summed E-state index contributed by atoms with van der Waals surface area (Å²) in [5.74, 6) is 1.57. The van der Waals surface area contributed by atoms with Gasteiger partial charge in [0.2, 0.25) is 0 Å². The van der Waals surface area contributed by atoms with Gasteiger partial charge in [0.1, 0.15) is 11.5 Å². The first-order valence-electron chi connectivity index (χ1n) is 5.00. The Balaban J connectivity index is 2.04. The van der Waals surface area contributed by atoms with E-state index in [-0.39, 0.29) is 0 Å². The maximum absolute atomic E-state index is 5.69. The third-order valence-electron chi connectivity index (χ3n) is 2.25. The maximum atomic E-state index is 5.69. The monoisotopic (exact) mass is 315 g/mol. The van der Waals surface area contributed by atoms with Crippen LogP contribution in [0.25, 0.3) is 0 Å². The summed E-state index contributed by atoms with van der Waals surface area (Å²) in [6, 6.07) is 9.36. The van der Waals surface area contributed by atoms with Crippen LogP contribution in [0.5, 0.6) is 5.75 Å². The molecule has 0 aliphatic heterocycles. The van der Waals surface area contributed by atoms with Crippen LogP contribution in [-0.4, -0.2) is 7.11 Å². The van der Waals surface area contributed by atoms with Crippen LogP contribution in [0.2, 0.25) is 5.22 Å². The van der Waals surface area contributed by atoms with Crippen molar-refractivity contribution in [3.05, 3.63) is 45.8 Å². The highest BCUT2D eigenvalue weighted by molar-refractivity contribution is 9.10. The molecule has 0 amide bonds. The summed E-state index contributed by atoms with van der Waals surface area (Å²) < 4.78 is 11.4. The Morgan fingerprint density at radius 3 is 2.82 bits per heavy atom. The Morgan fingerprint density at radius 1 is 1.35 bits per heavy atom. The molecular weight excluding hydrogens is 305 g/mol. The summed E-state index contributed by atoms with van der Waals surface area (Å²) in [6.45, 7) is 0.581. The molecule has 17 heavy (non-hydrogen) atoms. The van der Waals surface area contributed by atoms with Gasteiger partial charge in [0.05, 0.1) is 18.1 Å². The Hall–Kier alpha value is -1.13. The lowest BCUT2D eigenvalue weighted by atomic mass is 10.3. The topological polar surface area (TPSA) is 34.4 Å². The number of furan rings is 1. The van der Waals surface area contributed by atoms with Crippen molar-refractivity contribution in [2.75, 3.05) is 12.4 Å². The number of hydrogen-bond donors (Lipinski definition) is 1. The van der Waals surface area contributed by atoms with Crippen molar-refractivity contribution < 1.29 is 9.15 Å². The zero-order valence-corrected chi connectivity index (χ0v) is 11.5. The minimum absolute atomic E-state index is 0.398. The minimum Gasteiger partial charge on any atom is -0.495 e. The van der Waals surface area contributed by atoms with E-state index in [4.69, 9.17) is 20.8 Å². The molecule has 0 radical (unpaired) electrons. The predicted molar refractivity (Wildman–Crippen MR) is 71.7 cm³/mol. The van der Waals surface area contributed by atoms with E-state index in [1.54, 1.807) is 13.2 Å². The van der Waals surface area contributed by atoms with Gasteiger partial charge in [-0.05, 0) is 51.8 Å². The average Bonchev–Trinajstić information content (AvgIpc) is 2.74. The lowest BCUT2D eigenvalue weighted by Gasteiger charge is -2.08. The molecule has 0 saturated carbocycles. The Kier molecular flexibility index (Phi) is 3.97. The number of halogens is 2. The van der Waals surface area contributed by atoms with Crippen LogP contribution >= 0.6 is 27.5 Å². The number of benzene rings is 1. The van der Waals surface area contributed by atoms with E-state index in [1.807, 2.05) is 24.3 Å². The Labute approximate surface area is 113 Å². The first-order chi connectivity index (χ1) is 8.19. The van der Waals surface area contributed by atoms with Crippen molar-refractivity contribution in [1.29, 1.82) is 0 Å². The van der Waals surface area contributed by atoms with Crippen LogP contribution in [0.15, 0.2) is 39.2 Å². The minimum atomic E-state index is 0.398. The Morgan fingerprint density at radius 2 is 2.18 bits per heavy atom. The number of anilines is 1. The third kappa shape index (κ3) is 3.17. The highest BCUT2D eigenvalue weighted by atomic mass is 79.9. The molecule has 1 aromatic heterocycles. The lowest BCUT2D eigenvalue weighted by Crippen LogP contribution is -1.98. The summed E-state index contributed by atoms with van der Waals surface area (Å²) in [7, 11) is 1.64. The van der Waals surface area contributed by atoms with Gasteiger partial charge in [0.25, 0.3) is 0 Å². The van der Waals surface area contributed by atoms with Crippen LogP contribution in [0, 0.1) is 0 Å². The van der Waals surface area contributed by atoms with Crippen LogP contribution in [0.3, 0.4) is 0 Å². The molecule has 0 bridgehead atoms. The number of rotatable bonds is 4. The second kappa shape index (κ2) is 5.47. The van der Waals surface area contributed by atoms with Crippen molar-refractivity contribution in [2.45, 2.75) is 6.54 Å². The standard InChI is InChI=1S/C12H11BrClNO2/c1-16-11-6-8(2-4-10(11)13)15-7-9-3-5-12(14)17-9/h2-6,15H,7H2,1H3. The zero-order valence-electron chi connectivity index (χ0n) is 9.17. The van der Waals surface area contributed by atoms with E-state index in [2.05, 4.69) is 21.2 Å². The smallest absolute Gasteiger partial charge is 0.193 e. The molecule has 1 N–H and O–H groups in total. The van der Waals surface area contributed by atoms with Crippen molar-refractivity contribution in [3.8, 4) is 5.75 Å². The van der Waals surface area contributed by atoms with E-state index in [9.17, 15) is 0 Å². The maximum Gasteiger partial charge on any atom is 0.193 e. The van der Waals surface area contributed by atoms with Gasteiger partial charge in [-0.15, -0.1) is 0 Å². The SMILES string of the molecule is COc1cc(NCc2ccc(Cl)o2)ccc1Br. The largest absolute Gasteiger partial charge is 0.495 e. The fourth-order valence-corrected chi connectivity index (χ4v) is 1.98. The second-order valence-electron chi connectivity index (χ2n) is 3.41. The fourth-order valence-electron chi connectivity index (χ4n) is 1.41. The first kappa shape index (κ1) is 12.3. The molecule has 1 heterocycles. The molecule has 0 saturated heterocycles. The number of hydrogen-bond acceptors (Lipinski definition) is 3. The molecule has 0 aliphatic rings. The summed E-state index contributed by atoms with van der Waals surface area (Å²) in [5.41, 5.74) is 0.956. The zero-order chi connectivity index (χ0) is 12.3. The molecule has 0 spiro atoms. The van der Waals surface area contributed by atoms with E-state index < -0.39 is 0 Å². The Bertz CT molecular complexity index is 513. The predicted octanol–water partition coefficient (Wildman–Crippen LogP) is 4.32. The molecule has 90 valence electrons. The number of nitrogens with one attached hydrogen (secondary N) is 1. The molecule has 0 aliphatic carbocycles. The van der Waals surface area contributed by atoms with Crippen molar-refractivity contribution in [3.63, 3.8) is 0 Å². The number of ether oxygens (including phenoxy) is 1. The van der Waals surface area contributed by atoms with Crippen molar-refractivity contribution in [2.24, 2.45) is 0 Å². The van der Waals surface area contributed by atoms with Gasteiger partial charge in [-0.25, -0.2) is 0 Å². The average molecular weight is 317 g/mol. The van der Waals surface area contributed by atoms with Gasteiger partial charge in [-0.3, -0.25) is 0 Å². The fraction of sp³-hybridized carbons (Fsp3) is 0.167. The molecule has 0 fully saturated rings. The summed E-state index contributed by atoms with van der Waals surface area (Å²) in [6.07, 6.45) is 0. The lowest BCUT2D eigenvalue weighted by molar-refractivity contribution is 0.412. The van der Waals surface area contributed by atoms with Gasteiger partial charge >= 0.3 is 0 Å². The molecule has 5 heteroatoms. The van der Waals surface area contributed by atoms with Gasteiger partial charge in [0.15, 0.2) is 5.22 Å². The van der Waals surface area contributed by atoms with Gasteiger partial charge < -0.3 is 14.5 Å². The molecule has 2 aromatic rings. The second-order valence-corrected chi connectivity index (χ2v) is 4.64. The summed E-state index contributed by atoms with van der Waals surface area (Å²) >= 11 is 9.09. The molecule has 2 rings (SSSR count). The summed E-state index contributed by atoms with van der Waals surface area (Å²) in [5, 5.41) is 3.62. The van der Waals surface area contributed by atoms with E-state index in [1.165, 1.54) is 0 Å².